The van der Waals surface area contributed by atoms with Crippen LogP contribution in [0.4, 0.5) is 10.1 Å². The molecule has 3 rings (SSSR count). The van der Waals surface area contributed by atoms with Crippen LogP contribution in [0.25, 0.3) is 0 Å². The standard InChI is InChI=1S/C13H9BrFNO3/c14-8-3-7-10(4-9(8)15)16(13(19)12(7)18)5-11(17)6-1-2-6/h3-4,6H,1-2,5H2. The van der Waals surface area contributed by atoms with E-state index in [0.29, 0.717) is 0 Å². The van der Waals surface area contributed by atoms with Crippen molar-refractivity contribution in [3.8, 4) is 0 Å². The second kappa shape index (κ2) is 4.23. The van der Waals surface area contributed by atoms with E-state index in [1.165, 1.54) is 6.07 Å². The number of hydrogen-bond acceptors (Lipinski definition) is 3. The van der Waals surface area contributed by atoms with E-state index in [2.05, 4.69) is 15.9 Å². The summed E-state index contributed by atoms with van der Waals surface area (Å²) in [7, 11) is 0. The minimum Gasteiger partial charge on any atom is -0.297 e. The van der Waals surface area contributed by atoms with Gasteiger partial charge in [-0.2, -0.15) is 0 Å². The molecule has 0 radical (unpaired) electrons. The molecule has 1 aliphatic heterocycles. The molecular formula is C13H9BrFNO3. The van der Waals surface area contributed by atoms with Gasteiger partial charge in [-0.3, -0.25) is 19.3 Å². The third kappa shape index (κ3) is 2.00. The summed E-state index contributed by atoms with van der Waals surface area (Å²) in [6.07, 6.45) is 1.66. The van der Waals surface area contributed by atoms with E-state index in [0.717, 1.165) is 23.8 Å². The first-order chi connectivity index (χ1) is 8.99. The van der Waals surface area contributed by atoms with E-state index in [-0.39, 0.29) is 34.0 Å². The lowest BCUT2D eigenvalue weighted by atomic mass is 10.1. The second-order valence-electron chi connectivity index (χ2n) is 4.74. The Kier molecular flexibility index (Phi) is 2.78. The smallest absolute Gasteiger partial charge is 0.297 e. The fraction of sp³-hybridized carbons (Fsp3) is 0.308. The van der Waals surface area contributed by atoms with Gasteiger partial charge in [0.15, 0.2) is 5.78 Å². The molecule has 1 aromatic carbocycles. The van der Waals surface area contributed by atoms with Crippen LogP contribution in [0.2, 0.25) is 0 Å². The maximum absolute atomic E-state index is 13.5. The first kappa shape index (κ1) is 12.5. The molecule has 1 fully saturated rings. The van der Waals surface area contributed by atoms with Gasteiger partial charge < -0.3 is 0 Å². The van der Waals surface area contributed by atoms with Crippen molar-refractivity contribution in [3.63, 3.8) is 0 Å². The van der Waals surface area contributed by atoms with Gasteiger partial charge in [0.2, 0.25) is 0 Å². The summed E-state index contributed by atoms with van der Waals surface area (Å²) in [5, 5.41) is 0. The van der Waals surface area contributed by atoms with Crippen molar-refractivity contribution in [1.82, 2.24) is 0 Å². The van der Waals surface area contributed by atoms with Gasteiger partial charge in [-0.05, 0) is 40.9 Å². The molecule has 1 heterocycles. The zero-order chi connectivity index (χ0) is 13.7. The van der Waals surface area contributed by atoms with Crippen LogP contribution in [-0.2, 0) is 9.59 Å². The van der Waals surface area contributed by atoms with E-state index >= 15 is 0 Å². The summed E-state index contributed by atoms with van der Waals surface area (Å²) in [6, 6.07) is 2.40. The maximum atomic E-state index is 13.5. The molecule has 0 N–H and O–H groups in total. The van der Waals surface area contributed by atoms with Crippen LogP contribution in [-0.4, -0.2) is 24.0 Å². The summed E-state index contributed by atoms with van der Waals surface area (Å²) in [5.41, 5.74) is 0.326. The monoisotopic (exact) mass is 325 g/mol. The normalized spacial score (nSPS) is 17.9. The van der Waals surface area contributed by atoms with Crippen LogP contribution in [0.1, 0.15) is 23.2 Å². The number of carbonyl (C=O) groups is 3. The summed E-state index contributed by atoms with van der Waals surface area (Å²) < 4.78 is 13.7. The largest absolute Gasteiger partial charge is 0.299 e. The first-order valence-corrected chi connectivity index (χ1v) is 6.66. The van der Waals surface area contributed by atoms with Gasteiger partial charge in [-0.15, -0.1) is 0 Å². The first-order valence-electron chi connectivity index (χ1n) is 5.87. The van der Waals surface area contributed by atoms with Gasteiger partial charge in [-0.25, -0.2) is 4.39 Å². The number of carbonyl (C=O) groups excluding carboxylic acids is 3. The third-order valence-electron chi connectivity index (χ3n) is 3.36. The summed E-state index contributed by atoms with van der Waals surface area (Å²) in [4.78, 5) is 36.5. The van der Waals surface area contributed by atoms with Gasteiger partial charge in [0.05, 0.1) is 22.3 Å². The number of ketones is 2. The highest BCUT2D eigenvalue weighted by molar-refractivity contribution is 9.10. The SMILES string of the molecule is O=C1C(=O)N(CC(=O)C2CC2)c2cc(F)c(Br)cc21. The minimum atomic E-state index is -0.762. The van der Waals surface area contributed by atoms with Gasteiger partial charge in [0, 0.05) is 5.92 Å². The number of rotatable bonds is 3. The molecule has 98 valence electrons. The number of hydrogen-bond donors (Lipinski definition) is 0. The quantitative estimate of drug-likeness (QED) is 0.800. The van der Waals surface area contributed by atoms with Crippen LogP contribution in [0, 0.1) is 11.7 Å². The Bertz CT molecular complexity index is 625. The maximum Gasteiger partial charge on any atom is 0.299 e. The van der Waals surface area contributed by atoms with Crippen molar-refractivity contribution in [1.29, 1.82) is 0 Å². The summed E-state index contributed by atoms with van der Waals surface area (Å²) >= 11 is 2.98. The number of Topliss-reactive ketones (excluding diaryl/α,β-unsaturated/α-hetero) is 2. The molecule has 1 amide bonds. The number of nitrogens with zero attached hydrogens (tertiary/aromatic N) is 1. The molecule has 0 unspecified atom stereocenters. The zero-order valence-corrected chi connectivity index (χ0v) is 11.4. The second-order valence-corrected chi connectivity index (χ2v) is 5.60. The highest BCUT2D eigenvalue weighted by Crippen LogP contribution is 2.35. The fourth-order valence-electron chi connectivity index (χ4n) is 2.14. The summed E-state index contributed by atoms with van der Waals surface area (Å²) in [5.74, 6) is -2.10. The molecular weight excluding hydrogens is 317 g/mol. The molecule has 1 aromatic rings. The highest BCUT2D eigenvalue weighted by atomic mass is 79.9. The average molecular weight is 326 g/mol. The van der Waals surface area contributed by atoms with Crippen LogP contribution >= 0.6 is 15.9 Å². The third-order valence-corrected chi connectivity index (χ3v) is 3.97. The van der Waals surface area contributed by atoms with Crippen LogP contribution in [0.5, 0.6) is 0 Å². The molecule has 0 bridgehead atoms. The van der Waals surface area contributed by atoms with Crippen molar-refractivity contribution in [3.05, 3.63) is 28.0 Å². The highest BCUT2D eigenvalue weighted by Gasteiger charge is 2.40. The van der Waals surface area contributed by atoms with E-state index in [4.69, 9.17) is 0 Å². The predicted octanol–water partition coefficient (Wildman–Crippen LogP) is 2.10. The Morgan fingerprint density at radius 2 is 2.05 bits per heavy atom. The average Bonchev–Trinajstić information content (AvgIpc) is 3.18. The topological polar surface area (TPSA) is 54.5 Å². The van der Waals surface area contributed by atoms with Crippen molar-refractivity contribution < 1.29 is 18.8 Å². The lowest BCUT2D eigenvalue weighted by Crippen LogP contribution is -2.35. The molecule has 4 nitrogen and oxygen atoms in total. The molecule has 2 aliphatic rings. The number of halogens is 2. The Hall–Kier alpha value is -1.56. The van der Waals surface area contributed by atoms with E-state index < -0.39 is 17.5 Å². The number of benzene rings is 1. The Morgan fingerprint density at radius 3 is 2.68 bits per heavy atom. The van der Waals surface area contributed by atoms with Crippen molar-refractivity contribution in [2.75, 3.05) is 11.4 Å². The molecule has 0 spiro atoms. The fourth-order valence-corrected chi connectivity index (χ4v) is 2.48. The Morgan fingerprint density at radius 1 is 1.37 bits per heavy atom. The molecule has 1 saturated carbocycles. The van der Waals surface area contributed by atoms with Crippen LogP contribution < -0.4 is 4.90 Å². The van der Waals surface area contributed by atoms with E-state index in [1.54, 1.807) is 0 Å². The summed E-state index contributed by atoms with van der Waals surface area (Å²) in [6.45, 7) is -0.149. The zero-order valence-electron chi connectivity index (χ0n) is 9.78. The molecule has 0 aromatic heterocycles. The number of amides is 1. The van der Waals surface area contributed by atoms with Gasteiger partial charge in [-0.1, -0.05) is 0 Å². The molecule has 19 heavy (non-hydrogen) atoms. The van der Waals surface area contributed by atoms with Crippen LogP contribution in [0.3, 0.4) is 0 Å². The van der Waals surface area contributed by atoms with Crippen LogP contribution in [0.15, 0.2) is 16.6 Å². The molecule has 1 aliphatic carbocycles. The van der Waals surface area contributed by atoms with E-state index in [1.807, 2.05) is 0 Å². The molecule has 6 heteroatoms. The van der Waals surface area contributed by atoms with Gasteiger partial charge in [0.1, 0.15) is 5.82 Å². The Balaban J connectivity index is 1.98. The number of fused-ring (bicyclic) bond motifs is 1. The van der Waals surface area contributed by atoms with Gasteiger partial charge in [0.25, 0.3) is 11.7 Å². The minimum absolute atomic E-state index is 0.00718. The van der Waals surface area contributed by atoms with Crippen molar-refractivity contribution in [2.24, 2.45) is 5.92 Å². The molecule has 0 atom stereocenters. The number of anilines is 1. The predicted molar refractivity (Wildman–Crippen MR) is 68.5 cm³/mol. The Labute approximate surface area is 116 Å². The van der Waals surface area contributed by atoms with Gasteiger partial charge >= 0.3 is 0 Å². The molecule has 0 saturated heterocycles. The van der Waals surface area contributed by atoms with Crippen molar-refractivity contribution >= 4 is 39.1 Å². The van der Waals surface area contributed by atoms with Crippen molar-refractivity contribution in [2.45, 2.75) is 12.8 Å². The lowest BCUT2D eigenvalue weighted by Gasteiger charge is -2.15. The van der Waals surface area contributed by atoms with E-state index in [9.17, 15) is 18.8 Å². The lowest BCUT2D eigenvalue weighted by molar-refractivity contribution is -0.121.